The molecule has 25 heavy (non-hydrogen) atoms. The second-order valence-electron chi connectivity index (χ2n) is 6.12. The summed E-state index contributed by atoms with van der Waals surface area (Å²) in [7, 11) is 0. The van der Waals surface area contributed by atoms with Crippen LogP contribution < -0.4 is 10.5 Å². The molecule has 2 N–H and O–H groups in total. The Bertz CT molecular complexity index is 757. The molecule has 7 nitrogen and oxygen atoms in total. The zero-order valence-corrected chi connectivity index (χ0v) is 13.9. The Hall–Kier alpha value is -2.83. The van der Waals surface area contributed by atoms with E-state index in [-0.39, 0.29) is 6.61 Å². The lowest BCUT2D eigenvalue weighted by Gasteiger charge is -2.31. The second-order valence-corrected chi connectivity index (χ2v) is 6.12. The molecule has 0 radical (unpaired) electrons. The zero-order valence-electron chi connectivity index (χ0n) is 13.9. The lowest BCUT2D eigenvalue weighted by molar-refractivity contribution is -0.121. The summed E-state index contributed by atoms with van der Waals surface area (Å²) in [6.45, 7) is 1.40. The maximum absolute atomic E-state index is 11.8. The third-order valence-corrected chi connectivity index (χ3v) is 4.27. The molecule has 2 heterocycles. The average molecular weight is 343 g/mol. The second kappa shape index (κ2) is 7.83. The summed E-state index contributed by atoms with van der Waals surface area (Å²) in [6.07, 6.45) is 2.94. The molecule has 0 aliphatic carbocycles. The number of fused-ring (bicyclic) bond motifs is 1. The van der Waals surface area contributed by atoms with E-state index < -0.39 is 12.0 Å². The van der Waals surface area contributed by atoms with Crippen LogP contribution in [0.25, 0.3) is 10.9 Å². The van der Waals surface area contributed by atoms with Crippen LogP contribution in [0.5, 0.6) is 5.75 Å². The smallest absolute Gasteiger partial charge is 0.410 e. The highest BCUT2D eigenvalue weighted by molar-refractivity contribution is 5.79. The van der Waals surface area contributed by atoms with Gasteiger partial charge in [-0.1, -0.05) is 6.07 Å². The summed E-state index contributed by atoms with van der Waals surface area (Å²) in [6, 6.07) is 9.80. The average Bonchev–Trinajstić information content (AvgIpc) is 2.64. The SMILES string of the molecule is NC(=O)COC(=O)N1CCC(COc2ccc3cccnc3c2)CC1. The number of benzene rings is 1. The Morgan fingerprint density at radius 2 is 2.04 bits per heavy atom. The fraction of sp³-hybridized carbons (Fsp3) is 0.389. The molecule has 0 atom stereocenters. The number of ether oxygens (including phenoxy) is 2. The fourth-order valence-electron chi connectivity index (χ4n) is 2.86. The van der Waals surface area contributed by atoms with Gasteiger partial charge in [0, 0.05) is 30.7 Å². The van der Waals surface area contributed by atoms with Gasteiger partial charge in [0.05, 0.1) is 12.1 Å². The molecule has 132 valence electrons. The maximum atomic E-state index is 11.8. The van der Waals surface area contributed by atoms with Gasteiger partial charge in [0.25, 0.3) is 5.91 Å². The largest absolute Gasteiger partial charge is 0.493 e. The Labute approximate surface area is 145 Å². The highest BCUT2D eigenvalue weighted by Crippen LogP contribution is 2.22. The van der Waals surface area contributed by atoms with E-state index in [0.29, 0.717) is 25.6 Å². The topological polar surface area (TPSA) is 94.8 Å². The number of aromatic nitrogens is 1. The molecular formula is C18H21N3O4. The number of amides is 2. The fourth-order valence-corrected chi connectivity index (χ4v) is 2.86. The van der Waals surface area contributed by atoms with Gasteiger partial charge in [-0.2, -0.15) is 0 Å². The van der Waals surface area contributed by atoms with E-state index in [1.54, 1.807) is 11.1 Å². The van der Waals surface area contributed by atoms with Gasteiger partial charge in [-0.3, -0.25) is 9.78 Å². The number of pyridine rings is 1. The van der Waals surface area contributed by atoms with Gasteiger partial charge in [-0.25, -0.2) is 4.79 Å². The van der Waals surface area contributed by atoms with Crippen molar-refractivity contribution in [2.45, 2.75) is 12.8 Å². The van der Waals surface area contributed by atoms with Crippen LogP contribution in [0.2, 0.25) is 0 Å². The van der Waals surface area contributed by atoms with Gasteiger partial charge in [0.1, 0.15) is 5.75 Å². The predicted molar refractivity (Wildman–Crippen MR) is 92.1 cm³/mol. The quantitative estimate of drug-likeness (QED) is 0.895. The monoisotopic (exact) mass is 343 g/mol. The van der Waals surface area contributed by atoms with E-state index in [4.69, 9.17) is 15.2 Å². The van der Waals surface area contributed by atoms with Gasteiger partial charge < -0.3 is 20.1 Å². The Morgan fingerprint density at radius 1 is 1.24 bits per heavy atom. The number of carbonyl (C=O) groups excluding carboxylic acids is 2. The van der Waals surface area contributed by atoms with E-state index in [9.17, 15) is 9.59 Å². The lowest BCUT2D eigenvalue weighted by Crippen LogP contribution is -2.40. The molecule has 7 heteroatoms. The summed E-state index contributed by atoms with van der Waals surface area (Å²) < 4.78 is 10.7. The van der Waals surface area contributed by atoms with Gasteiger partial charge in [-0.05, 0) is 37.0 Å². The molecule has 1 aliphatic rings. The normalized spacial score (nSPS) is 15.1. The minimum atomic E-state index is -0.651. The highest BCUT2D eigenvalue weighted by Gasteiger charge is 2.24. The van der Waals surface area contributed by atoms with Crippen LogP contribution in [0.3, 0.4) is 0 Å². The first kappa shape index (κ1) is 17.0. The standard InChI is InChI=1S/C18H21N3O4/c19-17(22)12-25-18(23)21-8-5-13(6-9-21)11-24-15-4-3-14-2-1-7-20-16(14)10-15/h1-4,7,10,13H,5-6,8-9,11-12H2,(H2,19,22). The van der Waals surface area contributed by atoms with Crippen LogP contribution in [0.4, 0.5) is 4.79 Å². The summed E-state index contributed by atoms with van der Waals surface area (Å²) in [4.78, 5) is 28.3. The first-order valence-corrected chi connectivity index (χ1v) is 8.29. The van der Waals surface area contributed by atoms with Gasteiger partial charge in [0.15, 0.2) is 6.61 Å². The first-order chi connectivity index (χ1) is 12.1. The number of rotatable bonds is 5. The number of piperidine rings is 1. The minimum absolute atomic E-state index is 0.375. The number of hydrogen-bond donors (Lipinski definition) is 1. The van der Waals surface area contributed by atoms with E-state index in [0.717, 1.165) is 29.5 Å². The molecule has 0 spiro atoms. The molecule has 0 bridgehead atoms. The molecule has 0 unspecified atom stereocenters. The molecule has 2 amide bonds. The van der Waals surface area contributed by atoms with Crippen LogP contribution >= 0.6 is 0 Å². The van der Waals surface area contributed by atoms with Crippen molar-refractivity contribution in [2.75, 3.05) is 26.3 Å². The number of nitrogens with zero attached hydrogens (tertiary/aromatic N) is 2. The highest BCUT2D eigenvalue weighted by atomic mass is 16.6. The van der Waals surface area contributed by atoms with E-state index >= 15 is 0 Å². The van der Waals surface area contributed by atoms with Crippen molar-refractivity contribution >= 4 is 22.9 Å². The summed E-state index contributed by atoms with van der Waals surface area (Å²) in [5.74, 6) is 0.524. The molecule has 1 aromatic heterocycles. The van der Waals surface area contributed by atoms with Crippen LogP contribution in [0, 0.1) is 5.92 Å². The number of hydrogen-bond acceptors (Lipinski definition) is 5. The molecule has 3 rings (SSSR count). The van der Waals surface area contributed by atoms with Crippen molar-refractivity contribution < 1.29 is 19.1 Å². The van der Waals surface area contributed by atoms with Crippen molar-refractivity contribution in [1.82, 2.24) is 9.88 Å². The number of nitrogens with two attached hydrogens (primary N) is 1. The molecule has 1 saturated heterocycles. The third-order valence-electron chi connectivity index (χ3n) is 4.27. The Morgan fingerprint density at radius 3 is 2.80 bits per heavy atom. The van der Waals surface area contributed by atoms with E-state index in [1.807, 2.05) is 30.3 Å². The van der Waals surface area contributed by atoms with Crippen molar-refractivity contribution in [3.8, 4) is 5.75 Å². The molecule has 0 saturated carbocycles. The predicted octanol–water partition coefficient (Wildman–Crippen LogP) is 1.95. The summed E-state index contributed by atoms with van der Waals surface area (Å²) in [5.41, 5.74) is 5.88. The lowest BCUT2D eigenvalue weighted by atomic mass is 9.98. The minimum Gasteiger partial charge on any atom is -0.493 e. The van der Waals surface area contributed by atoms with Gasteiger partial charge >= 0.3 is 6.09 Å². The van der Waals surface area contributed by atoms with E-state index in [1.165, 1.54) is 0 Å². The van der Waals surface area contributed by atoms with Crippen molar-refractivity contribution in [1.29, 1.82) is 0 Å². The van der Waals surface area contributed by atoms with E-state index in [2.05, 4.69) is 4.98 Å². The summed E-state index contributed by atoms with van der Waals surface area (Å²) >= 11 is 0. The zero-order chi connectivity index (χ0) is 17.6. The van der Waals surface area contributed by atoms with Gasteiger partial charge in [0.2, 0.25) is 0 Å². The van der Waals surface area contributed by atoms with Crippen molar-refractivity contribution in [3.63, 3.8) is 0 Å². The third kappa shape index (κ3) is 4.59. The number of carbonyl (C=O) groups is 2. The number of primary amides is 1. The summed E-state index contributed by atoms with van der Waals surface area (Å²) in [5, 5.41) is 1.08. The molecule has 1 aromatic carbocycles. The van der Waals surface area contributed by atoms with Crippen LogP contribution in [-0.2, 0) is 9.53 Å². The molecule has 2 aromatic rings. The van der Waals surface area contributed by atoms with Crippen molar-refractivity contribution in [3.05, 3.63) is 36.5 Å². The Balaban J connectivity index is 1.45. The van der Waals surface area contributed by atoms with Crippen LogP contribution in [0.1, 0.15) is 12.8 Å². The molecule has 1 fully saturated rings. The molecular weight excluding hydrogens is 322 g/mol. The van der Waals surface area contributed by atoms with Crippen LogP contribution in [-0.4, -0.2) is 48.2 Å². The van der Waals surface area contributed by atoms with Crippen LogP contribution in [0.15, 0.2) is 36.5 Å². The Kier molecular flexibility index (Phi) is 5.33. The maximum Gasteiger partial charge on any atom is 0.410 e. The first-order valence-electron chi connectivity index (χ1n) is 8.29. The van der Waals surface area contributed by atoms with Gasteiger partial charge in [-0.15, -0.1) is 0 Å². The number of likely N-dealkylation sites (tertiary alicyclic amines) is 1. The molecule has 1 aliphatic heterocycles. The van der Waals surface area contributed by atoms with Crippen molar-refractivity contribution in [2.24, 2.45) is 11.7 Å².